The minimum absolute atomic E-state index is 0.0712. The molecule has 24 heavy (non-hydrogen) atoms. The van der Waals surface area contributed by atoms with E-state index in [4.69, 9.17) is 0 Å². The average molecular weight is 332 g/mol. The molecule has 0 aliphatic heterocycles. The van der Waals surface area contributed by atoms with E-state index in [-0.39, 0.29) is 5.91 Å². The molecule has 0 radical (unpaired) electrons. The van der Waals surface area contributed by atoms with Crippen LogP contribution in [0, 0.1) is 5.92 Å². The zero-order valence-corrected chi connectivity index (χ0v) is 15.6. The van der Waals surface area contributed by atoms with Gasteiger partial charge in [-0.2, -0.15) is 0 Å². The molecule has 0 saturated heterocycles. The number of nitrogens with zero attached hydrogens (tertiary/aromatic N) is 1. The van der Waals surface area contributed by atoms with Crippen LogP contribution in [-0.4, -0.2) is 32.0 Å². The van der Waals surface area contributed by atoms with Crippen molar-refractivity contribution in [1.29, 1.82) is 0 Å². The maximum atomic E-state index is 11.7. The van der Waals surface area contributed by atoms with Crippen LogP contribution in [0.4, 0.5) is 0 Å². The summed E-state index contributed by atoms with van der Waals surface area (Å²) >= 11 is 0. The minimum atomic E-state index is -0.0712. The molecule has 1 aromatic rings. The van der Waals surface area contributed by atoms with Gasteiger partial charge in [0, 0.05) is 32.2 Å². The van der Waals surface area contributed by atoms with Crippen molar-refractivity contribution in [3.8, 4) is 0 Å². The highest BCUT2D eigenvalue weighted by atomic mass is 16.1. The van der Waals surface area contributed by atoms with Gasteiger partial charge in [-0.3, -0.25) is 9.79 Å². The lowest BCUT2D eigenvalue weighted by molar-refractivity contribution is 0.0963. The van der Waals surface area contributed by atoms with Crippen LogP contribution in [0.1, 0.15) is 56.0 Å². The topological polar surface area (TPSA) is 65.5 Å². The summed E-state index contributed by atoms with van der Waals surface area (Å²) in [6, 6.07) is 7.98. The molecular weight excluding hydrogens is 300 g/mol. The Morgan fingerprint density at radius 3 is 2.58 bits per heavy atom. The van der Waals surface area contributed by atoms with E-state index in [9.17, 15) is 4.79 Å². The first kappa shape index (κ1) is 20.0. The summed E-state index contributed by atoms with van der Waals surface area (Å²) in [6.07, 6.45) is 3.60. The van der Waals surface area contributed by atoms with Gasteiger partial charge in [-0.05, 0) is 37.0 Å². The predicted molar refractivity (Wildman–Crippen MR) is 101 cm³/mol. The minimum Gasteiger partial charge on any atom is -0.355 e. The largest absolute Gasteiger partial charge is 0.355 e. The quantitative estimate of drug-likeness (QED) is 0.506. The van der Waals surface area contributed by atoms with Gasteiger partial charge in [-0.15, -0.1) is 0 Å². The lowest BCUT2D eigenvalue weighted by Gasteiger charge is -2.18. The summed E-state index contributed by atoms with van der Waals surface area (Å²) in [5, 5.41) is 9.37. The first-order valence-corrected chi connectivity index (χ1v) is 8.74. The van der Waals surface area contributed by atoms with Gasteiger partial charge in [-0.25, -0.2) is 0 Å². The van der Waals surface area contributed by atoms with E-state index in [0.717, 1.165) is 23.9 Å². The predicted octanol–water partition coefficient (Wildman–Crippen LogP) is 2.93. The summed E-state index contributed by atoms with van der Waals surface area (Å²) in [5.74, 6) is 1.47. The zero-order valence-electron chi connectivity index (χ0n) is 15.6. The Morgan fingerprint density at radius 2 is 1.96 bits per heavy atom. The molecule has 0 heterocycles. The second kappa shape index (κ2) is 10.7. The first-order valence-electron chi connectivity index (χ1n) is 8.74. The number of amides is 1. The second-order valence-corrected chi connectivity index (χ2v) is 6.58. The molecule has 0 fully saturated rings. The van der Waals surface area contributed by atoms with E-state index in [1.54, 1.807) is 14.1 Å². The Labute approximate surface area is 146 Å². The maximum Gasteiger partial charge on any atom is 0.251 e. The van der Waals surface area contributed by atoms with E-state index in [0.29, 0.717) is 18.2 Å². The molecule has 1 atom stereocenters. The maximum absolute atomic E-state index is 11.7. The molecule has 134 valence electrons. The van der Waals surface area contributed by atoms with Crippen LogP contribution >= 0.6 is 0 Å². The molecule has 0 aliphatic rings. The fourth-order valence-electron chi connectivity index (χ4n) is 2.49. The van der Waals surface area contributed by atoms with Crippen LogP contribution in [-0.2, 0) is 6.54 Å². The summed E-state index contributed by atoms with van der Waals surface area (Å²) in [5.41, 5.74) is 1.72. The molecule has 5 nitrogen and oxygen atoms in total. The van der Waals surface area contributed by atoms with Crippen molar-refractivity contribution >= 4 is 11.9 Å². The number of hydrogen-bond donors (Lipinski definition) is 3. The fourth-order valence-corrected chi connectivity index (χ4v) is 2.49. The van der Waals surface area contributed by atoms with Gasteiger partial charge < -0.3 is 16.0 Å². The van der Waals surface area contributed by atoms with E-state index in [1.807, 2.05) is 24.3 Å². The molecule has 1 aromatic carbocycles. The molecular formula is C19H32N4O. The average Bonchev–Trinajstić information content (AvgIpc) is 2.57. The second-order valence-electron chi connectivity index (χ2n) is 6.58. The van der Waals surface area contributed by atoms with Gasteiger partial charge in [-0.1, -0.05) is 38.8 Å². The molecule has 0 aliphatic carbocycles. The number of carbonyl (C=O) groups excluding carboxylic acids is 1. The third kappa shape index (κ3) is 7.49. The Kier molecular flexibility index (Phi) is 8.90. The Balaban J connectivity index is 2.48. The highest BCUT2D eigenvalue weighted by molar-refractivity contribution is 5.94. The number of rotatable bonds is 8. The summed E-state index contributed by atoms with van der Waals surface area (Å²) in [6.45, 7) is 7.32. The molecule has 1 unspecified atom stereocenters. The van der Waals surface area contributed by atoms with E-state index >= 15 is 0 Å². The first-order chi connectivity index (χ1) is 11.5. The van der Waals surface area contributed by atoms with E-state index < -0.39 is 0 Å². The lowest BCUT2D eigenvalue weighted by atomic mass is 10.0. The molecule has 0 aromatic heterocycles. The SMILES string of the molecule is CN=C(NCc1cccc(C(=O)NC)c1)NC(C)CCCC(C)C. The van der Waals surface area contributed by atoms with Crippen LogP contribution in [0.3, 0.4) is 0 Å². The highest BCUT2D eigenvalue weighted by Gasteiger charge is 2.07. The molecule has 3 N–H and O–H groups in total. The molecule has 0 bridgehead atoms. The van der Waals surface area contributed by atoms with Gasteiger partial charge in [0.1, 0.15) is 0 Å². The standard InChI is InChI=1S/C19H32N4O/c1-14(2)8-6-9-15(3)23-19(21-5)22-13-16-10-7-11-17(12-16)18(24)20-4/h7,10-12,14-15H,6,8-9,13H2,1-5H3,(H,20,24)(H2,21,22,23). The van der Waals surface area contributed by atoms with Crippen LogP contribution in [0.25, 0.3) is 0 Å². The fraction of sp³-hybridized carbons (Fsp3) is 0.579. The van der Waals surface area contributed by atoms with E-state index in [2.05, 4.69) is 41.7 Å². The molecule has 1 rings (SSSR count). The van der Waals surface area contributed by atoms with Gasteiger partial charge in [0.05, 0.1) is 0 Å². The van der Waals surface area contributed by atoms with Crippen molar-refractivity contribution in [2.75, 3.05) is 14.1 Å². The Hall–Kier alpha value is -2.04. The van der Waals surface area contributed by atoms with Crippen molar-refractivity contribution in [3.05, 3.63) is 35.4 Å². The van der Waals surface area contributed by atoms with Crippen LogP contribution in [0.2, 0.25) is 0 Å². The van der Waals surface area contributed by atoms with Gasteiger partial charge >= 0.3 is 0 Å². The third-order valence-electron chi connectivity index (χ3n) is 3.90. The smallest absolute Gasteiger partial charge is 0.251 e. The van der Waals surface area contributed by atoms with Crippen molar-refractivity contribution in [2.24, 2.45) is 10.9 Å². The lowest BCUT2D eigenvalue weighted by Crippen LogP contribution is -2.41. The zero-order chi connectivity index (χ0) is 17.9. The van der Waals surface area contributed by atoms with Crippen molar-refractivity contribution < 1.29 is 4.79 Å². The van der Waals surface area contributed by atoms with Crippen LogP contribution in [0.15, 0.2) is 29.3 Å². The van der Waals surface area contributed by atoms with Crippen molar-refractivity contribution in [1.82, 2.24) is 16.0 Å². The monoisotopic (exact) mass is 332 g/mol. The number of nitrogens with one attached hydrogen (secondary N) is 3. The van der Waals surface area contributed by atoms with Crippen LogP contribution < -0.4 is 16.0 Å². The molecule has 0 spiro atoms. The summed E-state index contributed by atoms with van der Waals surface area (Å²) in [7, 11) is 3.41. The number of aliphatic imine (C=N–C) groups is 1. The number of carbonyl (C=O) groups is 1. The Morgan fingerprint density at radius 1 is 1.21 bits per heavy atom. The third-order valence-corrected chi connectivity index (χ3v) is 3.90. The van der Waals surface area contributed by atoms with Crippen LogP contribution in [0.5, 0.6) is 0 Å². The normalized spacial score (nSPS) is 12.8. The summed E-state index contributed by atoms with van der Waals surface area (Å²) < 4.78 is 0. The molecule has 5 heteroatoms. The number of hydrogen-bond acceptors (Lipinski definition) is 2. The summed E-state index contributed by atoms with van der Waals surface area (Å²) in [4.78, 5) is 16.0. The number of guanidine groups is 1. The number of benzene rings is 1. The van der Waals surface area contributed by atoms with Gasteiger partial charge in [0.15, 0.2) is 5.96 Å². The molecule has 1 amide bonds. The van der Waals surface area contributed by atoms with Crippen molar-refractivity contribution in [3.63, 3.8) is 0 Å². The molecule has 0 saturated carbocycles. The van der Waals surface area contributed by atoms with Gasteiger partial charge in [0.25, 0.3) is 5.91 Å². The van der Waals surface area contributed by atoms with E-state index in [1.165, 1.54) is 12.8 Å². The Bertz CT molecular complexity index is 540. The van der Waals surface area contributed by atoms with Gasteiger partial charge in [0.2, 0.25) is 0 Å². The van der Waals surface area contributed by atoms with Crippen molar-refractivity contribution in [2.45, 2.75) is 52.6 Å². The highest BCUT2D eigenvalue weighted by Crippen LogP contribution is 2.08.